The average molecular weight is 292 g/mol. The summed E-state index contributed by atoms with van der Waals surface area (Å²) in [5.41, 5.74) is 0.790. The number of aliphatic carboxylic acids is 2. The molecule has 21 heavy (non-hydrogen) atoms. The minimum absolute atomic E-state index is 0.0935. The molecule has 0 unspecified atom stereocenters. The first-order valence-corrected chi connectivity index (χ1v) is 7.26. The number of allylic oxidation sites excluding steroid dienone is 3. The van der Waals surface area contributed by atoms with Crippen molar-refractivity contribution >= 4 is 11.9 Å². The zero-order valence-corrected chi connectivity index (χ0v) is 12.8. The lowest BCUT2D eigenvalue weighted by Gasteiger charge is -2.35. The number of carboxylic acids is 2. The summed E-state index contributed by atoms with van der Waals surface area (Å²) < 4.78 is 0. The third-order valence-corrected chi connectivity index (χ3v) is 4.57. The van der Waals surface area contributed by atoms with Crippen molar-refractivity contribution in [3.8, 4) is 0 Å². The quantitative estimate of drug-likeness (QED) is 0.826. The van der Waals surface area contributed by atoms with Crippen molar-refractivity contribution in [3.05, 3.63) is 36.0 Å². The summed E-state index contributed by atoms with van der Waals surface area (Å²) in [5, 5.41) is 18.1. The van der Waals surface area contributed by atoms with E-state index in [4.69, 9.17) is 5.11 Å². The minimum Gasteiger partial charge on any atom is -0.481 e. The van der Waals surface area contributed by atoms with Gasteiger partial charge in [-0.1, -0.05) is 32.6 Å². The Morgan fingerprint density at radius 1 is 1.43 bits per heavy atom. The summed E-state index contributed by atoms with van der Waals surface area (Å²) >= 11 is 0. The van der Waals surface area contributed by atoms with Crippen LogP contribution in [0.15, 0.2) is 36.0 Å². The van der Waals surface area contributed by atoms with E-state index in [-0.39, 0.29) is 17.4 Å². The Morgan fingerprint density at radius 2 is 2.10 bits per heavy atom. The predicted molar refractivity (Wildman–Crippen MR) is 82.0 cm³/mol. The van der Waals surface area contributed by atoms with Crippen molar-refractivity contribution in [1.29, 1.82) is 0 Å². The molecule has 0 aromatic carbocycles. The van der Waals surface area contributed by atoms with E-state index in [0.29, 0.717) is 24.3 Å². The summed E-state index contributed by atoms with van der Waals surface area (Å²) in [5.74, 6) is -1.43. The van der Waals surface area contributed by atoms with Crippen LogP contribution in [0.3, 0.4) is 0 Å². The van der Waals surface area contributed by atoms with Crippen molar-refractivity contribution < 1.29 is 19.8 Å². The number of carboxylic acid groups (broad SMARTS) is 2. The van der Waals surface area contributed by atoms with Crippen molar-refractivity contribution in [2.24, 2.45) is 11.3 Å². The van der Waals surface area contributed by atoms with E-state index in [1.807, 2.05) is 6.08 Å². The zero-order valence-electron chi connectivity index (χ0n) is 12.8. The zero-order chi connectivity index (χ0) is 16.0. The van der Waals surface area contributed by atoms with Gasteiger partial charge in [0.05, 0.1) is 5.57 Å². The summed E-state index contributed by atoms with van der Waals surface area (Å²) in [6, 6.07) is 0. The monoisotopic (exact) mass is 292 g/mol. The maximum atomic E-state index is 11.2. The first-order valence-electron chi connectivity index (χ1n) is 7.26. The summed E-state index contributed by atoms with van der Waals surface area (Å²) in [6.45, 7) is 8.08. The van der Waals surface area contributed by atoms with E-state index in [9.17, 15) is 14.7 Å². The smallest absolute Gasteiger partial charge is 0.335 e. The average Bonchev–Trinajstić information content (AvgIpc) is 2.41. The first-order chi connectivity index (χ1) is 9.76. The van der Waals surface area contributed by atoms with Crippen molar-refractivity contribution in [3.63, 3.8) is 0 Å². The van der Waals surface area contributed by atoms with Crippen LogP contribution >= 0.6 is 0 Å². The van der Waals surface area contributed by atoms with Gasteiger partial charge in [0.2, 0.25) is 0 Å². The second-order valence-corrected chi connectivity index (χ2v) is 6.11. The maximum Gasteiger partial charge on any atom is 0.335 e. The topological polar surface area (TPSA) is 74.6 Å². The van der Waals surface area contributed by atoms with Gasteiger partial charge in [-0.25, -0.2) is 4.79 Å². The Balaban J connectivity index is 2.96. The molecule has 0 radical (unpaired) electrons. The second kappa shape index (κ2) is 7.25. The highest BCUT2D eigenvalue weighted by Gasteiger charge is 2.31. The van der Waals surface area contributed by atoms with Gasteiger partial charge < -0.3 is 10.2 Å². The van der Waals surface area contributed by atoms with Crippen LogP contribution in [-0.2, 0) is 9.59 Å². The summed E-state index contributed by atoms with van der Waals surface area (Å²) in [6.07, 6.45) is 8.21. The third kappa shape index (κ3) is 4.88. The van der Waals surface area contributed by atoms with E-state index in [0.717, 1.165) is 12.8 Å². The third-order valence-electron chi connectivity index (χ3n) is 4.57. The van der Waals surface area contributed by atoms with Gasteiger partial charge in [0.15, 0.2) is 0 Å². The molecule has 0 amide bonds. The van der Waals surface area contributed by atoms with Crippen LogP contribution in [0.1, 0.15) is 46.0 Å². The fourth-order valence-electron chi connectivity index (χ4n) is 2.66. The molecule has 0 saturated heterocycles. The second-order valence-electron chi connectivity index (χ2n) is 6.11. The molecule has 0 fully saturated rings. The molecule has 0 saturated carbocycles. The van der Waals surface area contributed by atoms with Crippen LogP contribution in [0.2, 0.25) is 0 Å². The summed E-state index contributed by atoms with van der Waals surface area (Å²) in [7, 11) is 0. The number of carbonyl (C=O) groups is 2. The Bertz CT molecular complexity index is 487. The molecule has 0 heterocycles. The van der Waals surface area contributed by atoms with Crippen LogP contribution < -0.4 is 0 Å². The molecule has 4 nitrogen and oxygen atoms in total. The molecule has 0 spiro atoms. The molecule has 2 atom stereocenters. The van der Waals surface area contributed by atoms with Crippen molar-refractivity contribution in [2.75, 3.05) is 0 Å². The highest BCUT2D eigenvalue weighted by Crippen LogP contribution is 2.40. The molecule has 1 aliphatic rings. The summed E-state index contributed by atoms with van der Waals surface area (Å²) in [4.78, 5) is 22.0. The van der Waals surface area contributed by atoms with E-state index in [1.165, 1.54) is 0 Å². The molecule has 0 aliphatic heterocycles. The Kier molecular flexibility index (Phi) is 5.94. The largest absolute Gasteiger partial charge is 0.481 e. The fraction of sp³-hybridized carbons (Fsp3) is 0.529. The van der Waals surface area contributed by atoms with E-state index < -0.39 is 11.9 Å². The Morgan fingerprint density at radius 3 is 2.67 bits per heavy atom. The van der Waals surface area contributed by atoms with Crippen LogP contribution in [0, 0.1) is 11.3 Å². The van der Waals surface area contributed by atoms with Gasteiger partial charge in [0, 0.05) is 6.42 Å². The lowest BCUT2D eigenvalue weighted by Crippen LogP contribution is -2.26. The molecule has 116 valence electrons. The molecule has 1 rings (SSSR count). The number of hydrogen-bond acceptors (Lipinski definition) is 2. The van der Waals surface area contributed by atoms with Gasteiger partial charge in [-0.2, -0.15) is 0 Å². The fourth-order valence-corrected chi connectivity index (χ4v) is 2.66. The van der Waals surface area contributed by atoms with Gasteiger partial charge >= 0.3 is 11.9 Å². The molecule has 0 aromatic heterocycles. The first kappa shape index (κ1) is 17.2. The molecule has 4 heteroatoms. The van der Waals surface area contributed by atoms with Crippen LogP contribution in [-0.4, -0.2) is 22.2 Å². The molecule has 0 bridgehead atoms. The highest BCUT2D eigenvalue weighted by atomic mass is 16.4. The van der Waals surface area contributed by atoms with Gasteiger partial charge in [0.1, 0.15) is 0 Å². The number of rotatable bonds is 4. The van der Waals surface area contributed by atoms with Crippen LogP contribution in [0.25, 0.3) is 0 Å². The predicted octanol–water partition coefficient (Wildman–Crippen LogP) is 3.80. The van der Waals surface area contributed by atoms with Crippen LogP contribution in [0.5, 0.6) is 0 Å². The van der Waals surface area contributed by atoms with Crippen LogP contribution in [0.4, 0.5) is 0 Å². The number of hydrogen-bond donors (Lipinski definition) is 2. The van der Waals surface area contributed by atoms with E-state index in [1.54, 1.807) is 12.2 Å². The highest BCUT2D eigenvalue weighted by molar-refractivity contribution is 5.91. The Labute approximate surface area is 125 Å². The molecular weight excluding hydrogens is 268 g/mol. The van der Waals surface area contributed by atoms with E-state index >= 15 is 0 Å². The van der Waals surface area contributed by atoms with Gasteiger partial charge in [0.25, 0.3) is 0 Å². The SMILES string of the molecule is C=C1CC[C@@H](C)[C@](C)(CCC(=O)O)C/C=C\C=C/1C(=O)O. The normalized spacial score (nSPS) is 31.0. The standard InChI is InChI=1S/C17H24O4/c1-12-7-8-13(2)17(3,11-9-15(18)19)10-5-4-6-14(12)16(20)21/h4-6,13H,1,7-11H2,2-3H3,(H,18,19)(H,20,21)/b5-4-,14-6+/t13-,17+/m1/s1. The molecular formula is C17H24O4. The van der Waals surface area contributed by atoms with Crippen molar-refractivity contribution in [1.82, 2.24) is 0 Å². The molecule has 2 N–H and O–H groups in total. The van der Waals surface area contributed by atoms with Gasteiger partial charge in [-0.15, -0.1) is 0 Å². The lowest BCUT2D eigenvalue weighted by molar-refractivity contribution is -0.138. The minimum atomic E-state index is -0.952. The molecule has 1 aliphatic carbocycles. The van der Waals surface area contributed by atoms with Gasteiger partial charge in [-0.05, 0) is 48.7 Å². The Hall–Kier alpha value is -1.84. The molecule has 0 aromatic rings. The van der Waals surface area contributed by atoms with Gasteiger partial charge in [-0.3, -0.25) is 4.79 Å². The van der Waals surface area contributed by atoms with Crippen molar-refractivity contribution in [2.45, 2.75) is 46.0 Å². The maximum absolute atomic E-state index is 11.2. The van der Waals surface area contributed by atoms with E-state index in [2.05, 4.69) is 20.4 Å². The lowest BCUT2D eigenvalue weighted by atomic mass is 9.69.